The van der Waals surface area contributed by atoms with Gasteiger partial charge in [-0.15, -0.1) is 11.3 Å². The van der Waals surface area contributed by atoms with Crippen LogP contribution >= 0.6 is 11.3 Å². The van der Waals surface area contributed by atoms with Gasteiger partial charge in [-0.05, 0) is 54.6 Å². The third-order valence-corrected chi connectivity index (χ3v) is 4.17. The molecule has 0 atom stereocenters. The summed E-state index contributed by atoms with van der Waals surface area (Å²) in [4.78, 5) is 24.2. The first-order valence-electron chi connectivity index (χ1n) is 6.87. The third-order valence-electron chi connectivity index (χ3n) is 3.19. The molecule has 2 N–H and O–H groups in total. The molecule has 0 unspecified atom stereocenters. The number of hydrogen-bond acceptors (Lipinski definition) is 3. The summed E-state index contributed by atoms with van der Waals surface area (Å²) in [7, 11) is 0. The number of benzene rings is 1. The van der Waals surface area contributed by atoms with E-state index in [1.165, 1.54) is 13.0 Å². The quantitative estimate of drug-likeness (QED) is 0.839. The zero-order chi connectivity index (χ0) is 16.1. The van der Waals surface area contributed by atoms with Crippen LogP contribution in [0.4, 0.5) is 11.4 Å². The van der Waals surface area contributed by atoms with Crippen molar-refractivity contribution in [3.05, 3.63) is 51.7 Å². The van der Waals surface area contributed by atoms with Gasteiger partial charge in [0, 0.05) is 29.3 Å². The molecular formula is C17H18N2O2S. The van der Waals surface area contributed by atoms with Crippen LogP contribution in [-0.2, 0) is 9.59 Å². The highest BCUT2D eigenvalue weighted by Crippen LogP contribution is 2.23. The van der Waals surface area contributed by atoms with Crippen LogP contribution in [0, 0.1) is 13.8 Å². The van der Waals surface area contributed by atoms with Crippen LogP contribution in [0.15, 0.2) is 35.7 Å². The van der Waals surface area contributed by atoms with Crippen LogP contribution in [-0.4, -0.2) is 11.8 Å². The number of hydrogen-bond donors (Lipinski definition) is 2. The van der Waals surface area contributed by atoms with Gasteiger partial charge in [0.1, 0.15) is 0 Å². The minimum atomic E-state index is -0.198. The average molecular weight is 314 g/mol. The van der Waals surface area contributed by atoms with Gasteiger partial charge in [-0.3, -0.25) is 9.59 Å². The van der Waals surface area contributed by atoms with Crippen LogP contribution in [0.5, 0.6) is 0 Å². The molecule has 0 aliphatic carbocycles. The second kappa shape index (κ2) is 7.04. The van der Waals surface area contributed by atoms with Crippen LogP contribution < -0.4 is 10.6 Å². The predicted molar refractivity (Wildman–Crippen MR) is 92.2 cm³/mol. The maximum absolute atomic E-state index is 12.0. The summed E-state index contributed by atoms with van der Waals surface area (Å²) < 4.78 is 0. The molecule has 0 aliphatic heterocycles. The topological polar surface area (TPSA) is 58.2 Å². The highest BCUT2D eigenvalue weighted by Gasteiger charge is 2.07. The molecular weight excluding hydrogens is 296 g/mol. The number of aryl methyl sites for hydroxylation is 1. The molecule has 2 rings (SSSR count). The van der Waals surface area contributed by atoms with Crippen molar-refractivity contribution >= 4 is 40.6 Å². The Hall–Kier alpha value is -2.40. The molecule has 22 heavy (non-hydrogen) atoms. The summed E-state index contributed by atoms with van der Waals surface area (Å²) in [5, 5.41) is 7.57. The summed E-state index contributed by atoms with van der Waals surface area (Å²) in [6.45, 7) is 5.32. The van der Waals surface area contributed by atoms with Crippen LogP contribution in [0.3, 0.4) is 0 Å². The molecule has 1 aromatic carbocycles. The van der Waals surface area contributed by atoms with Crippen molar-refractivity contribution in [2.24, 2.45) is 0 Å². The fraction of sp³-hybridized carbons (Fsp3) is 0.176. The Balaban J connectivity index is 2.10. The highest BCUT2D eigenvalue weighted by molar-refractivity contribution is 7.11. The molecule has 1 heterocycles. The van der Waals surface area contributed by atoms with Crippen molar-refractivity contribution in [3.63, 3.8) is 0 Å². The minimum Gasteiger partial charge on any atom is -0.326 e. The summed E-state index contributed by atoms with van der Waals surface area (Å²) >= 11 is 1.60. The first kappa shape index (κ1) is 16.0. The van der Waals surface area contributed by atoms with Gasteiger partial charge in [0.25, 0.3) is 0 Å². The first-order chi connectivity index (χ1) is 10.5. The number of nitrogens with one attached hydrogen (secondary N) is 2. The molecule has 0 spiro atoms. The normalized spacial score (nSPS) is 10.7. The largest absolute Gasteiger partial charge is 0.326 e. The Morgan fingerprint density at radius 3 is 2.36 bits per heavy atom. The van der Waals surface area contributed by atoms with E-state index in [2.05, 4.69) is 10.6 Å². The monoisotopic (exact) mass is 314 g/mol. The van der Waals surface area contributed by atoms with E-state index in [4.69, 9.17) is 0 Å². The van der Waals surface area contributed by atoms with Crippen molar-refractivity contribution in [2.45, 2.75) is 20.8 Å². The van der Waals surface area contributed by atoms with Crippen molar-refractivity contribution < 1.29 is 9.59 Å². The van der Waals surface area contributed by atoms with Crippen LogP contribution in [0.2, 0.25) is 0 Å². The highest BCUT2D eigenvalue weighted by atomic mass is 32.1. The Morgan fingerprint density at radius 1 is 1.09 bits per heavy atom. The Labute approximate surface area is 133 Å². The van der Waals surface area contributed by atoms with Crippen molar-refractivity contribution in [3.8, 4) is 0 Å². The number of anilines is 2. The number of rotatable bonds is 4. The Bertz CT molecular complexity index is 732. The molecule has 0 saturated heterocycles. The Kier molecular flexibility index (Phi) is 5.12. The van der Waals surface area contributed by atoms with E-state index in [9.17, 15) is 9.59 Å². The predicted octanol–water partition coefficient (Wildman–Crippen LogP) is 3.98. The molecule has 0 saturated carbocycles. The van der Waals surface area contributed by atoms with Crippen molar-refractivity contribution in [2.75, 3.05) is 10.6 Å². The second-order valence-electron chi connectivity index (χ2n) is 4.95. The maximum Gasteiger partial charge on any atom is 0.248 e. The second-order valence-corrected chi connectivity index (χ2v) is 5.90. The molecule has 0 aliphatic rings. The van der Waals surface area contributed by atoms with Crippen molar-refractivity contribution in [1.29, 1.82) is 0 Å². The van der Waals surface area contributed by atoms with Gasteiger partial charge in [-0.25, -0.2) is 0 Å². The average Bonchev–Trinajstić information content (AvgIpc) is 2.86. The standard InChI is InChI=1S/C17H18N2O2S/c1-11-9-10-22-16(11)7-8-17(21)19-15-6-4-5-14(12(15)2)18-13(3)20/h4-10H,1-3H3,(H,18,20)(H,19,21)/b8-7+. The lowest BCUT2D eigenvalue weighted by Gasteiger charge is -2.11. The SMILES string of the molecule is CC(=O)Nc1cccc(NC(=O)/C=C/c2sccc2C)c1C. The van der Waals surface area contributed by atoms with E-state index in [1.54, 1.807) is 23.5 Å². The van der Waals surface area contributed by atoms with Gasteiger partial charge < -0.3 is 10.6 Å². The number of thiophene rings is 1. The first-order valence-corrected chi connectivity index (χ1v) is 7.75. The molecule has 4 nitrogen and oxygen atoms in total. The molecule has 0 fully saturated rings. The lowest BCUT2D eigenvalue weighted by molar-refractivity contribution is -0.114. The fourth-order valence-corrected chi connectivity index (χ4v) is 2.80. The van der Waals surface area contributed by atoms with Crippen molar-refractivity contribution in [1.82, 2.24) is 0 Å². The van der Waals surface area contributed by atoms with Gasteiger partial charge in [0.05, 0.1) is 0 Å². The van der Waals surface area contributed by atoms with Crippen LogP contribution in [0.1, 0.15) is 22.9 Å². The van der Waals surface area contributed by atoms with Gasteiger partial charge >= 0.3 is 0 Å². The Morgan fingerprint density at radius 2 is 1.77 bits per heavy atom. The fourth-order valence-electron chi connectivity index (χ4n) is 1.98. The lowest BCUT2D eigenvalue weighted by Crippen LogP contribution is -2.12. The van der Waals surface area contributed by atoms with Gasteiger partial charge in [0.2, 0.25) is 11.8 Å². The molecule has 2 aromatic rings. The molecule has 5 heteroatoms. The number of amides is 2. The molecule has 0 bridgehead atoms. The van der Waals surface area contributed by atoms with E-state index in [0.717, 1.165) is 16.0 Å². The molecule has 2 amide bonds. The smallest absolute Gasteiger partial charge is 0.248 e. The summed E-state index contributed by atoms with van der Waals surface area (Å²) in [5.41, 5.74) is 3.36. The van der Waals surface area contributed by atoms with Crippen LogP contribution in [0.25, 0.3) is 6.08 Å². The summed E-state index contributed by atoms with van der Waals surface area (Å²) in [5.74, 6) is -0.337. The minimum absolute atomic E-state index is 0.139. The zero-order valence-corrected chi connectivity index (χ0v) is 13.6. The maximum atomic E-state index is 12.0. The van der Waals surface area contributed by atoms with E-state index in [1.807, 2.05) is 37.4 Å². The van der Waals surface area contributed by atoms with Gasteiger partial charge in [0.15, 0.2) is 0 Å². The van der Waals surface area contributed by atoms with E-state index in [-0.39, 0.29) is 11.8 Å². The lowest BCUT2D eigenvalue weighted by atomic mass is 10.1. The third kappa shape index (κ3) is 4.05. The number of carbonyl (C=O) groups excluding carboxylic acids is 2. The van der Waals surface area contributed by atoms with E-state index in [0.29, 0.717) is 11.4 Å². The van der Waals surface area contributed by atoms with Gasteiger partial charge in [-0.2, -0.15) is 0 Å². The molecule has 114 valence electrons. The summed E-state index contributed by atoms with van der Waals surface area (Å²) in [6.07, 6.45) is 3.33. The van der Waals surface area contributed by atoms with E-state index >= 15 is 0 Å². The zero-order valence-electron chi connectivity index (χ0n) is 12.8. The number of carbonyl (C=O) groups is 2. The molecule has 0 radical (unpaired) electrons. The summed E-state index contributed by atoms with van der Waals surface area (Å²) in [6, 6.07) is 7.42. The molecule has 1 aromatic heterocycles. The van der Waals surface area contributed by atoms with E-state index < -0.39 is 0 Å². The van der Waals surface area contributed by atoms with Gasteiger partial charge in [-0.1, -0.05) is 6.07 Å².